The summed E-state index contributed by atoms with van der Waals surface area (Å²) in [4.78, 5) is 29.6. The zero-order valence-corrected chi connectivity index (χ0v) is 13.0. The van der Waals surface area contributed by atoms with Gasteiger partial charge in [0.1, 0.15) is 11.4 Å². The first-order valence-electron chi connectivity index (χ1n) is 7.55. The van der Waals surface area contributed by atoms with E-state index in [1.54, 1.807) is 19.2 Å². The lowest BCUT2D eigenvalue weighted by Crippen LogP contribution is -2.50. The number of carboxylic acid groups (broad SMARTS) is 1. The van der Waals surface area contributed by atoms with Gasteiger partial charge in [-0.05, 0) is 31.4 Å². The van der Waals surface area contributed by atoms with Crippen molar-refractivity contribution < 1.29 is 19.4 Å². The fraction of sp³-hybridized carbons (Fsp3) is 0.562. The van der Waals surface area contributed by atoms with Crippen molar-refractivity contribution in [1.29, 1.82) is 0 Å². The highest BCUT2D eigenvalue weighted by molar-refractivity contribution is 5.94. The molecular formula is C16H22N2O4. The zero-order valence-electron chi connectivity index (χ0n) is 13.0. The molecule has 0 saturated carbocycles. The van der Waals surface area contributed by atoms with E-state index in [1.165, 1.54) is 6.07 Å². The standard InChI is InChI=1S/C16H22N2O4/c1-3-8-16(11-22-2)9-5-10-18(16)14(19)12-6-4-7-13(17-12)15(20)21/h4,6-7H,3,5,8-11H2,1-2H3,(H,20,21)/t16-/m0/s1. The second kappa shape index (κ2) is 6.87. The number of hydrogen-bond acceptors (Lipinski definition) is 4. The quantitative estimate of drug-likeness (QED) is 0.871. The Bertz CT molecular complexity index is 553. The topological polar surface area (TPSA) is 79.7 Å². The molecular weight excluding hydrogens is 284 g/mol. The minimum absolute atomic E-state index is 0.113. The lowest BCUT2D eigenvalue weighted by Gasteiger charge is -2.38. The van der Waals surface area contributed by atoms with E-state index in [0.29, 0.717) is 13.2 Å². The largest absolute Gasteiger partial charge is 0.477 e. The minimum atomic E-state index is -1.13. The van der Waals surface area contributed by atoms with Crippen LogP contribution < -0.4 is 0 Å². The number of carboxylic acids is 1. The van der Waals surface area contributed by atoms with Gasteiger partial charge in [-0.25, -0.2) is 9.78 Å². The van der Waals surface area contributed by atoms with Crippen LogP contribution in [0.2, 0.25) is 0 Å². The summed E-state index contributed by atoms with van der Waals surface area (Å²) in [5, 5.41) is 9.02. The number of rotatable bonds is 6. The van der Waals surface area contributed by atoms with Gasteiger partial charge in [0.05, 0.1) is 12.1 Å². The highest BCUT2D eigenvalue weighted by atomic mass is 16.5. The molecule has 1 aromatic heterocycles. The van der Waals surface area contributed by atoms with Crippen molar-refractivity contribution in [1.82, 2.24) is 9.88 Å². The molecule has 6 heteroatoms. The number of amides is 1. The average molecular weight is 306 g/mol. The normalized spacial score (nSPS) is 21.1. The van der Waals surface area contributed by atoms with E-state index < -0.39 is 5.97 Å². The minimum Gasteiger partial charge on any atom is -0.477 e. The van der Waals surface area contributed by atoms with Crippen LogP contribution in [0.3, 0.4) is 0 Å². The van der Waals surface area contributed by atoms with Gasteiger partial charge in [-0.15, -0.1) is 0 Å². The van der Waals surface area contributed by atoms with Crippen molar-refractivity contribution >= 4 is 11.9 Å². The molecule has 1 atom stereocenters. The predicted molar refractivity (Wildman–Crippen MR) is 81.0 cm³/mol. The molecule has 0 aliphatic carbocycles. The van der Waals surface area contributed by atoms with E-state index in [1.807, 2.05) is 4.90 Å². The predicted octanol–water partition coefficient (Wildman–Crippen LogP) is 2.20. The Kier molecular flexibility index (Phi) is 5.13. The summed E-state index contributed by atoms with van der Waals surface area (Å²) >= 11 is 0. The van der Waals surface area contributed by atoms with Crippen molar-refractivity contribution in [3.05, 3.63) is 29.6 Å². The van der Waals surface area contributed by atoms with Gasteiger partial charge in [-0.3, -0.25) is 4.79 Å². The Hall–Kier alpha value is -1.95. The van der Waals surface area contributed by atoms with Gasteiger partial charge in [0, 0.05) is 13.7 Å². The molecule has 0 unspecified atom stereocenters. The number of aromatic nitrogens is 1. The van der Waals surface area contributed by atoms with Crippen LogP contribution in [0.15, 0.2) is 18.2 Å². The molecule has 120 valence electrons. The van der Waals surface area contributed by atoms with Gasteiger partial charge in [0.2, 0.25) is 0 Å². The second-order valence-corrected chi connectivity index (χ2v) is 5.68. The van der Waals surface area contributed by atoms with E-state index in [9.17, 15) is 9.59 Å². The molecule has 1 fully saturated rings. The molecule has 6 nitrogen and oxygen atoms in total. The number of aromatic carboxylic acids is 1. The molecule has 0 radical (unpaired) electrons. The van der Waals surface area contributed by atoms with Crippen LogP contribution in [0.1, 0.15) is 53.6 Å². The highest BCUT2D eigenvalue weighted by Crippen LogP contribution is 2.35. The summed E-state index contributed by atoms with van der Waals surface area (Å²) in [6.45, 7) is 3.23. The Balaban J connectivity index is 2.30. The summed E-state index contributed by atoms with van der Waals surface area (Å²) in [7, 11) is 1.64. The molecule has 22 heavy (non-hydrogen) atoms. The monoisotopic (exact) mass is 306 g/mol. The lowest BCUT2D eigenvalue weighted by atomic mass is 9.91. The van der Waals surface area contributed by atoms with Gasteiger partial charge in [0.15, 0.2) is 0 Å². The van der Waals surface area contributed by atoms with Crippen LogP contribution in [0.25, 0.3) is 0 Å². The van der Waals surface area contributed by atoms with Crippen molar-refractivity contribution in [3.8, 4) is 0 Å². The fourth-order valence-electron chi connectivity index (χ4n) is 3.28. The number of pyridine rings is 1. The first kappa shape index (κ1) is 16.4. The van der Waals surface area contributed by atoms with Crippen LogP contribution in [0, 0.1) is 0 Å². The molecule has 2 rings (SSSR count). The molecule has 1 aliphatic rings. The number of nitrogens with zero attached hydrogens (tertiary/aromatic N) is 2. The maximum Gasteiger partial charge on any atom is 0.354 e. The Morgan fingerprint density at radius 1 is 1.41 bits per heavy atom. The number of carbonyl (C=O) groups is 2. The summed E-state index contributed by atoms with van der Waals surface area (Å²) < 4.78 is 5.35. The smallest absolute Gasteiger partial charge is 0.354 e. The SMILES string of the molecule is CCC[C@@]1(COC)CCCN1C(=O)c1cccc(C(=O)O)n1. The first-order chi connectivity index (χ1) is 10.5. The van der Waals surface area contributed by atoms with Crippen molar-refractivity contribution in [2.45, 2.75) is 38.1 Å². The van der Waals surface area contributed by atoms with E-state index in [-0.39, 0.29) is 22.8 Å². The number of likely N-dealkylation sites (tertiary alicyclic amines) is 1. The molecule has 1 aliphatic heterocycles. The Morgan fingerprint density at radius 3 is 2.77 bits per heavy atom. The fourth-order valence-corrected chi connectivity index (χ4v) is 3.28. The maximum absolute atomic E-state index is 12.8. The van der Waals surface area contributed by atoms with Gasteiger partial charge in [0.25, 0.3) is 5.91 Å². The molecule has 2 heterocycles. The molecule has 1 amide bonds. The molecule has 1 aromatic rings. The first-order valence-corrected chi connectivity index (χ1v) is 7.55. The molecule has 0 spiro atoms. The van der Waals surface area contributed by atoms with Gasteiger partial charge in [-0.2, -0.15) is 0 Å². The van der Waals surface area contributed by atoms with Crippen LogP contribution in [0.4, 0.5) is 0 Å². The zero-order chi connectivity index (χ0) is 16.2. The number of hydrogen-bond donors (Lipinski definition) is 1. The molecule has 1 saturated heterocycles. The summed E-state index contributed by atoms with van der Waals surface area (Å²) in [5.74, 6) is -1.35. The number of methoxy groups -OCH3 is 1. The highest BCUT2D eigenvalue weighted by Gasteiger charge is 2.43. The second-order valence-electron chi connectivity index (χ2n) is 5.68. The summed E-state index contributed by atoms with van der Waals surface area (Å²) in [6, 6.07) is 4.51. The third-order valence-electron chi connectivity index (χ3n) is 4.16. The van der Waals surface area contributed by atoms with E-state index in [2.05, 4.69) is 11.9 Å². The molecule has 0 aromatic carbocycles. The van der Waals surface area contributed by atoms with Crippen molar-refractivity contribution in [3.63, 3.8) is 0 Å². The van der Waals surface area contributed by atoms with Gasteiger partial charge in [-0.1, -0.05) is 19.4 Å². The van der Waals surface area contributed by atoms with Gasteiger partial charge >= 0.3 is 5.97 Å². The third-order valence-corrected chi connectivity index (χ3v) is 4.16. The van der Waals surface area contributed by atoms with Crippen LogP contribution >= 0.6 is 0 Å². The number of ether oxygens (including phenoxy) is 1. The van der Waals surface area contributed by atoms with E-state index in [4.69, 9.17) is 9.84 Å². The van der Waals surface area contributed by atoms with Crippen molar-refractivity contribution in [2.75, 3.05) is 20.3 Å². The van der Waals surface area contributed by atoms with Crippen molar-refractivity contribution in [2.24, 2.45) is 0 Å². The van der Waals surface area contributed by atoms with E-state index in [0.717, 1.165) is 25.7 Å². The van der Waals surface area contributed by atoms with Crippen LogP contribution in [0.5, 0.6) is 0 Å². The van der Waals surface area contributed by atoms with E-state index >= 15 is 0 Å². The van der Waals surface area contributed by atoms with Gasteiger partial charge < -0.3 is 14.7 Å². The van der Waals surface area contributed by atoms with Crippen LogP contribution in [-0.2, 0) is 4.74 Å². The maximum atomic E-state index is 12.8. The summed E-state index contributed by atoms with van der Waals surface area (Å²) in [5.41, 5.74) is -0.238. The summed E-state index contributed by atoms with van der Waals surface area (Å²) in [6.07, 6.45) is 3.65. The average Bonchev–Trinajstić information content (AvgIpc) is 2.91. The third kappa shape index (κ3) is 3.11. The van der Waals surface area contributed by atoms with Crippen LogP contribution in [-0.4, -0.2) is 52.7 Å². The Labute approximate surface area is 130 Å². The lowest BCUT2D eigenvalue weighted by molar-refractivity contribution is 0.0250. The Morgan fingerprint density at radius 2 is 2.14 bits per heavy atom. The number of carbonyl (C=O) groups excluding carboxylic acids is 1. The molecule has 0 bridgehead atoms. The molecule has 1 N–H and O–H groups in total.